The highest BCUT2D eigenvalue weighted by molar-refractivity contribution is 6.08. The molecule has 0 aromatic carbocycles. The van der Waals surface area contributed by atoms with Crippen molar-refractivity contribution in [2.75, 3.05) is 5.32 Å². The van der Waals surface area contributed by atoms with Gasteiger partial charge in [0.1, 0.15) is 5.56 Å². The summed E-state index contributed by atoms with van der Waals surface area (Å²) in [5.41, 5.74) is 1.17. The molecule has 3 heterocycles. The van der Waals surface area contributed by atoms with Crippen molar-refractivity contribution < 1.29 is 13.6 Å². The van der Waals surface area contributed by atoms with Gasteiger partial charge < -0.3 is 5.32 Å². The number of hydrogen-bond donors (Lipinski definition) is 1. The van der Waals surface area contributed by atoms with Crippen LogP contribution in [-0.4, -0.2) is 30.3 Å². The summed E-state index contributed by atoms with van der Waals surface area (Å²) in [5.74, 6) is 0.759. The minimum Gasteiger partial charge on any atom is -0.319 e. The summed E-state index contributed by atoms with van der Waals surface area (Å²) in [6.45, 7) is 6.43. The van der Waals surface area contributed by atoms with E-state index in [4.69, 9.17) is 0 Å². The number of alkyl halides is 2. The Kier molecular flexibility index (Phi) is 6.02. The van der Waals surface area contributed by atoms with Crippen LogP contribution in [-0.2, 0) is 6.42 Å². The normalized spacial score (nSPS) is 19.5. The number of rotatable bonds is 6. The summed E-state index contributed by atoms with van der Waals surface area (Å²) in [4.78, 5) is 17.1. The first-order valence-electron chi connectivity index (χ1n) is 10.9. The predicted octanol–water partition coefficient (Wildman–Crippen LogP) is 5.07. The van der Waals surface area contributed by atoms with Crippen molar-refractivity contribution in [2.45, 2.75) is 65.3 Å². The van der Waals surface area contributed by atoms with Crippen molar-refractivity contribution in [3.63, 3.8) is 0 Å². The molecule has 1 amide bonds. The molecular weight excluding hydrogens is 402 g/mol. The molecule has 31 heavy (non-hydrogen) atoms. The first-order chi connectivity index (χ1) is 14.9. The van der Waals surface area contributed by atoms with Gasteiger partial charge in [-0.1, -0.05) is 20.8 Å². The molecule has 1 fully saturated rings. The van der Waals surface area contributed by atoms with E-state index >= 15 is 0 Å². The molecule has 1 N–H and O–H groups in total. The average molecular weight is 431 g/mol. The number of carbonyl (C=O) groups excluding carboxylic acids is 1. The maximum Gasteiger partial charge on any atom is 0.284 e. The minimum absolute atomic E-state index is 0.0389. The zero-order chi connectivity index (χ0) is 22.1. The fourth-order valence-corrected chi connectivity index (χ4v) is 4.44. The Hall–Kier alpha value is -2.84. The highest BCUT2D eigenvalue weighted by atomic mass is 19.3. The third-order valence-electron chi connectivity index (χ3n) is 6.36. The molecule has 0 bridgehead atoms. The number of aryl methyl sites for hydroxylation is 1. The minimum atomic E-state index is -2.78. The molecule has 166 valence electrons. The van der Waals surface area contributed by atoms with E-state index in [1.54, 1.807) is 15.4 Å². The molecule has 9 heteroatoms. The summed E-state index contributed by atoms with van der Waals surface area (Å²) in [7, 11) is 0. The number of halogens is 2. The zero-order valence-corrected chi connectivity index (χ0v) is 18.1. The zero-order valence-electron chi connectivity index (χ0n) is 18.1. The lowest BCUT2D eigenvalue weighted by Crippen LogP contribution is -2.21. The van der Waals surface area contributed by atoms with Crippen molar-refractivity contribution in [3.8, 4) is 0 Å². The van der Waals surface area contributed by atoms with E-state index in [9.17, 15) is 13.6 Å². The predicted molar refractivity (Wildman–Crippen MR) is 113 cm³/mol. The molecule has 1 aliphatic rings. The molecule has 1 saturated carbocycles. The van der Waals surface area contributed by atoms with E-state index in [1.807, 2.05) is 13.0 Å². The smallest absolute Gasteiger partial charge is 0.284 e. The Morgan fingerprint density at radius 2 is 2.00 bits per heavy atom. The van der Waals surface area contributed by atoms with Crippen molar-refractivity contribution in [1.82, 2.24) is 24.4 Å². The van der Waals surface area contributed by atoms with Crippen LogP contribution in [0.4, 0.5) is 14.5 Å². The first-order valence-corrected chi connectivity index (χ1v) is 10.9. The molecule has 0 radical (unpaired) electrons. The molecule has 0 unspecified atom stereocenters. The molecule has 1 aliphatic carbocycles. The van der Waals surface area contributed by atoms with Crippen molar-refractivity contribution in [1.29, 1.82) is 0 Å². The van der Waals surface area contributed by atoms with Crippen molar-refractivity contribution >= 4 is 17.2 Å². The lowest BCUT2D eigenvalue weighted by molar-refractivity contribution is 0.102. The van der Waals surface area contributed by atoms with E-state index in [0.717, 1.165) is 37.8 Å². The van der Waals surface area contributed by atoms with E-state index in [2.05, 4.69) is 34.3 Å². The summed E-state index contributed by atoms with van der Waals surface area (Å²) >= 11 is 0. The Bertz CT molecular complexity index is 1070. The summed E-state index contributed by atoms with van der Waals surface area (Å²) in [6.07, 6.45) is 6.43. The monoisotopic (exact) mass is 430 g/mol. The lowest BCUT2D eigenvalue weighted by Gasteiger charge is -2.30. The van der Waals surface area contributed by atoms with Crippen LogP contribution in [0, 0.1) is 11.8 Å². The lowest BCUT2D eigenvalue weighted by atomic mass is 9.80. The molecular formula is C22H28F2N6O. The number of nitrogens with zero attached hydrogens (tertiary/aromatic N) is 5. The summed E-state index contributed by atoms with van der Waals surface area (Å²) < 4.78 is 30.5. The van der Waals surface area contributed by atoms with Gasteiger partial charge in [0.2, 0.25) is 0 Å². The number of amides is 1. The van der Waals surface area contributed by atoms with E-state index in [0.29, 0.717) is 17.5 Å². The van der Waals surface area contributed by atoms with Gasteiger partial charge in [0.25, 0.3) is 12.3 Å². The van der Waals surface area contributed by atoms with Gasteiger partial charge in [0.05, 0.1) is 17.9 Å². The highest BCUT2D eigenvalue weighted by Crippen LogP contribution is 2.37. The van der Waals surface area contributed by atoms with E-state index in [1.165, 1.54) is 12.4 Å². The van der Waals surface area contributed by atoms with Crippen LogP contribution >= 0.6 is 0 Å². The fourth-order valence-electron chi connectivity index (χ4n) is 4.44. The topological polar surface area (TPSA) is 77.1 Å². The van der Waals surface area contributed by atoms with Gasteiger partial charge in [0, 0.05) is 18.1 Å². The number of carbonyl (C=O) groups is 1. The van der Waals surface area contributed by atoms with Gasteiger partial charge in [-0.15, -0.1) is 0 Å². The van der Waals surface area contributed by atoms with Crippen LogP contribution in [0.1, 0.15) is 80.7 Å². The van der Waals surface area contributed by atoms with Gasteiger partial charge >= 0.3 is 0 Å². The Morgan fingerprint density at radius 3 is 2.65 bits per heavy atom. The highest BCUT2D eigenvalue weighted by Gasteiger charge is 2.28. The molecule has 0 spiro atoms. The third kappa shape index (κ3) is 4.18. The number of fused-ring (bicyclic) bond motifs is 1. The first kappa shape index (κ1) is 21.4. The van der Waals surface area contributed by atoms with Gasteiger partial charge in [-0.2, -0.15) is 10.2 Å². The van der Waals surface area contributed by atoms with Gasteiger partial charge in [-0.25, -0.2) is 18.3 Å². The molecule has 3 aromatic rings. The average Bonchev–Trinajstić information content (AvgIpc) is 3.38. The van der Waals surface area contributed by atoms with Gasteiger partial charge in [-0.05, 0) is 50.0 Å². The number of anilines is 1. The third-order valence-corrected chi connectivity index (χ3v) is 6.36. The van der Waals surface area contributed by atoms with Gasteiger partial charge in [-0.3, -0.25) is 9.48 Å². The van der Waals surface area contributed by atoms with Crippen LogP contribution in [0.5, 0.6) is 0 Å². The number of nitrogens with one attached hydrogen (secondary N) is 1. The fraction of sp³-hybridized carbons (Fsp3) is 0.545. The Morgan fingerprint density at radius 1 is 1.26 bits per heavy atom. The molecule has 0 aliphatic heterocycles. The van der Waals surface area contributed by atoms with Crippen molar-refractivity contribution in [2.24, 2.45) is 11.8 Å². The molecule has 7 nitrogen and oxygen atoms in total. The standard InChI is InChI=1S/C22H28F2N6O/c1-4-15-9-10-25-21-17(11-26-30(15)21)22(31)27-18-12-29(28-19(18)20(23)24)16-7-5-14(6-8-16)13(2)3/h9-14,16,20H,4-8H2,1-3H3,(H,27,31). The molecule has 0 saturated heterocycles. The van der Waals surface area contributed by atoms with Crippen LogP contribution in [0.2, 0.25) is 0 Å². The quantitative estimate of drug-likeness (QED) is 0.593. The van der Waals surface area contributed by atoms with E-state index < -0.39 is 18.0 Å². The van der Waals surface area contributed by atoms with Crippen molar-refractivity contribution in [3.05, 3.63) is 41.6 Å². The SMILES string of the molecule is CCc1ccnc2c(C(=O)Nc3cn(C4CCC(C(C)C)CC4)nc3C(F)F)cnn12. The maximum atomic E-state index is 13.7. The maximum absolute atomic E-state index is 13.7. The molecule has 0 atom stereocenters. The van der Waals surface area contributed by atoms with Crippen LogP contribution in [0.3, 0.4) is 0 Å². The second-order valence-electron chi connectivity index (χ2n) is 8.56. The molecule has 4 rings (SSSR count). The summed E-state index contributed by atoms with van der Waals surface area (Å²) in [6, 6.07) is 1.90. The second-order valence-corrected chi connectivity index (χ2v) is 8.56. The largest absolute Gasteiger partial charge is 0.319 e. The van der Waals surface area contributed by atoms with Crippen LogP contribution in [0.15, 0.2) is 24.7 Å². The Labute approximate surface area is 179 Å². The van der Waals surface area contributed by atoms with E-state index in [-0.39, 0.29) is 17.3 Å². The van der Waals surface area contributed by atoms with Crippen LogP contribution in [0.25, 0.3) is 5.65 Å². The van der Waals surface area contributed by atoms with Gasteiger partial charge in [0.15, 0.2) is 11.3 Å². The Balaban J connectivity index is 1.57. The second kappa shape index (κ2) is 8.72. The number of hydrogen-bond acceptors (Lipinski definition) is 4. The molecule has 3 aromatic heterocycles. The summed E-state index contributed by atoms with van der Waals surface area (Å²) in [5, 5.41) is 11.0. The number of aromatic nitrogens is 5. The van der Waals surface area contributed by atoms with Crippen LogP contribution < -0.4 is 5.32 Å².